The molecular weight excluding hydrogens is 386 g/mol. The summed E-state index contributed by atoms with van der Waals surface area (Å²) in [6.45, 7) is -0.145. The number of amides is 1. The molecular formula is C17H16BrN5O2. The van der Waals surface area contributed by atoms with Gasteiger partial charge in [-0.2, -0.15) is 0 Å². The van der Waals surface area contributed by atoms with E-state index >= 15 is 0 Å². The molecule has 0 spiro atoms. The molecule has 0 radical (unpaired) electrons. The number of nitrogens with one attached hydrogen (secondary N) is 1. The van der Waals surface area contributed by atoms with E-state index < -0.39 is 0 Å². The lowest BCUT2D eigenvalue weighted by Gasteiger charge is -2.16. The summed E-state index contributed by atoms with van der Waals surface area (Å²) in [6.07, 6.45) is 5.08. The number of hydrogen-bond donors (Lipinski definition) is 2. The zero-order valence-corrected chi connectivity index (χ0v) is 14.8. The third-order valence-electron chi connectivity index (χ3n) is 3.63. The van der Waals surface area contributed by atoms with Crippen LogP contribution >= 0.6 is 15.9 Å². The molecule has 0 bridgehead atoms. The van der Waals surface area contributed by atoms with Crippen LogP contribution in [0.5, 0.6) is 0 Å². The summed E-state index contributed by atoms with van der Waals surface area (Å²) in [6, 6.07) is 11.0. The minimum atomic E-state index is -0.369. The van der Waals surface area contributed by atoms with E-state index in [0.29, 0.717) is 22.3 Å². The highest BCUT2D eigenvalue weighted by Crippen LogP contribution is 2.19. The minimum Gasteiger partial charge on any atom is -0.394 e. The number of benzene rings is 1. The number of hydrogen-bond acceptors (Lipinski definition) is 5. The molecule has 3 aromatic rings. The number of halogens is 1. The van der Waals surface area contributed by atoms with Crippen molar-refractivity contribution in [3.63, 3.8) is 0 Å². The van der Waals surface area contributed by atoms with Gasteiger partial charge in [0.25, 0.3) is 5.91 Å². The molecule has 0 aliphatic carbocycles. The second kappa shape index (κ2) is 8.00. The van der Waals surface area contributed by atoms with E-state index in [0.717, 1.165) is 5.56 Å². The van der Waals surface area contributed by atoms with Crippen LogP contribution in [0.2, 0.25) is 0 Å². The average Bonchev–Trinajstić information content (AvgIpc) is 3.16. The molecule has 0 aliphatic rings. The van der Waals surface area contributed by atoms with Gasteiger partial charge in [0.05, 0.1) is 22.7 Å². The third-order valence-corrected chi connectivity index (χ3v) is 4.21. The summed E-state index contributed by atoms with van der Waals surface area (Å²) in [4.78, 5) is 16.7. The van der Waals surface area contributed by atoms with E-state index in [1.807, 2.05) is 30.3 Å². The summed E-state index contributed by atoms with van der Waals surface area (Å²) in [5, 5.41) is 19.8. The van der Waals surface area contributed by atoms with Gasteiger partial charge in [0.1, 0.15) is 12.7 Å². The van der Waals surface area contributed by atoms with E-state index in [1.54, 1.807) is 10.6 Å². The highest BCUT2D eigenvalue weighted by molar-refractivity contribution is 9.10. The Kier molecular flexibility index (Phi) is 5.52. The zero-order chi connectivity index (χ0) is 17.6. The third kappa shape index (κ3) is 4.28. The normalized spacial score (nSPS) is 11.9. The number of aliphatic hydroxyl groups is 1. The summed E-state index contributed by atoms with van der Waals surface area (Å²) < 4.78 is 2.28. The summed E-state index contributed by atoms with van der Waals surface area (Å²) >= 11 is 3.41. The van der Waals surface area contributed by atoms with E-state index in [9.17, 15) is 9.90 Å². The van der Waals surface area contributed by atoms with Crippen LogP contribution in [0.15, 0.2) is 59.7 Å². The van der Waals surface area contributed by atoms with Crippen molar-refractivity contribution in [2.45, 2.75) is 12.5 Å². The van der Waals surface area contributed by atoms with Gasteiger partial charge in [-0.05, 0) is 34.0 Å². The number of aliphatic hydroxyl groups excluding tert-OH is 1. The van der Waals surface area contributed by atoms with E-state index in [1.165, 1.54) is 18.9 Å². The van der Waals surface area contributed by atoms with E-state index in [2.05, 4.69) is 36.4 Å². The molecule has 1 amide bonds. The number of pyridine rings is 1. The van der Waals surface area contributed by atoms with Crippen molar-refractivity contribution in [3.05, 3.63) is 70.8 Å². The second-order valence-corrected chi connectivity index (χ2v) is 6.30. The molecule has 1 aromatic carbocycles. The van der Waals surface area contributed by atoms with Crippen molar-refractivity contribution in [3.8, 4) is 5.82 Å². The Balaban J connectivity index is 1.71. The lowest BCUT2D eigenvalue weighted by molar-refractivity contribution is 0.0916. The largest absolute Gasteiger partial charge is 0.394 e. The second-order valence-electron chi connectivity index (χ2n) is 5.44. The maximum atomic E-state index is 12.4. The van der Waals surface area contributed by atoms with Gasteiger partial charge >= 0.3 is 0 Å². The van der Waals surface area contributed by atoms with E-state index in [-0.39, 0.29) is 18.6 Å². The number of nitrogens with zero attached hydrogens (tertiary/aromatic N) is 4. The maximum Gasteiger partial charge on any atom is 0.253 e. The minimum absolute atomic E-state index is 0.145. The van der Waals surface area contributed by atoms with Gasteiger partial charge < -0.3 is 10.4 Å². The van der Waals surface area contributed by atoms with Gasteiger partial charge in [-0.1, -0.05) is 30.3 Å². The van der Waals surface area contributed by atoms with Gasteiger partial charge in [-0.3, -0.25) is 9.36 Å². The van der Waals surface area contributed by atoms with Crippen LogP contribution in [0.25, 0.3) is 5.82 Å². The molecule has 0 saturated heterocycles. The van der Waals surface area contributed by atoms with Crippen LogP contribution < -0.4 is 5.32 Å². The van der Waals surface area contributed by atoms with Crippen LogP contribution in [0, 0.1) is 0 Å². The van der Waals surface area contributed by atoms with Crippen molar-refractivity contribution < 1.29 is 9.90 Å². The molecule has 8 heteroatoms. The van der Waals surface area contributed by atoms with Crippen molar-refractivity contribution in [1.82, 2.24) is 25.1 Å². The highest BCUT2D eigenvalue weighted by Gasteiger charge is 2.16. The van der Waals surface area contributed by atoms with E-state index in [4.69, 9.17) is 0 Å². The van der Waals surface area contributed by atoms with Crippen LogP contribution in [0.3, 0.4) is 0 Å². The Bertz CT molecular complexity index is 840. The first-order chi connectivity index (χ1) is 12.2. The van der Waals surface area contributed by atoms with Gasteiger partial charge in [0.15, 0.2) is 5.82 Å². The Morgan fingerprint density at radius 1 is 1.24 bits per heavy atom. The summed E-state index contributed by atoms with van der Waals surface area (Å²) in [7, 11) is 0. The molecule has 3 rings (SSSR count). The first kappa shape index (κ1) is 17.2. The van der Waals surface area contributed by atoms with Gasteiger partial charge in [-0.15, -0.1) is 10.2 Å². The lowest BCUT2D eigenvalue weighted by Crippen LogP contribution is -2.39. The fraction of sp³-hybridized carbons (Fsp3) is 0.176. The Labute approximate surface area is 152 Å². The van der Waals surface area contributed by atoms with Gasteiger partial charge in [0.2, 0.25) is 0 Å². The van der Waals surface area contributed by atoms with Crippen molar-refractivity contribution >= 4 is 21.8 Å². The Morgan fingerprint density at radius 3 is 2.60 bits per heavy atom. The number of aromatic nitrogens is 4. The average molecular weight is 402 g/mol. The Morgan fingerprint density at radius 2 is 1.96 bits per heavy atom. The summed E-state index contributed by atoms with van der Waals surface area (Å²) in [5.41, 5.74) is 1.44. The molecule has 0 aliphatic heterocycles. The van der Waals surface area contributed by atoms with Crippen LogP contribution in [0.1, 0.15) is 15.9 Å². The SMILES string of the molecule is O=C(NC(CO)Cc1ccccc1)c1cnc(-n2cnnc2)c(Br)c1. The molecule has 7 nitrogen and oxygen atoms in total. The topological polar surface area (TPSA) is 92.9 Å². The number of carbonyl (C=O) groups is 1. The van der Waals surface area contributed by atoms with Crippen LogP contribution in [0.4, 0.5) is 0 Å². The first-order valence-electron chi connectivity index (χ1n) is 7.63. The zero-order valence-electron chi connectivity index (χ0n) is 13.2. The van der Waals surface area contributed by atoms with Crippen molar-refractivity contribution in [2.24, 2.45) is 0 Å². The standard InChI is InChI=1S/C17H16BrN5O2/c18-15-7-13(8-19-16(15)23-10-20-21-11-23)17(25)22-14(9-24)6-12-4-2-1-3-5-12/h1-5,7-8,10-11,14,24H,6,9H2,(H,22,25). The first-order valence-corrected chi connectivity index (χ1v) is 8.43. The molecule has 2 heterocycles. The Hall–Kier alpha value is -2.58. The fourth-order valence-corrected chi connectivity index (χ4v) is 2.94. The quantitative estimate of drug-likeness (QED) is 0.656. The van der Waals surface area contributed by atoms with Gasteiger partial charge in [0, 0.05) is 6.20 Å². The van der Waals surface area contributed by atoms with Gasteiger partial charge in [-0.25, -0.2) is 4.98 Å². The number of carbonyl (C=O) groups excluding carboxylic acids is 1. The van der Waals surface area contributed by atoms with Crippen molar-refractivity contribution in [2.75, 3.05) is 6.61 Å². The fourth-order valence-electron chi connectivity index (χ4n) is 2.38. The predicted octanol–water partition coefficient (Wildman–Crippen LogP) is 1.76. The van der Waals surface area contributed by atoms with Crippen LogP contribution in [-0.4, -0.2) is 43.4 Å². The molecule has 2 aromatic heterocycles. The monoisotopic (exact) mass is 401 g/mol. The lowest BCUT2D eigenvalue weighted by atomic mass is 10.1. The maximum absolute atomic E-state index is 12.4. The molecule has 0 saturated carbocycles. The molecule has 2 N–H and O–H groups in total. The van der Waals surface area contributed by atoms with Crippen molar-refractivity contribution in [1.29, 1.82) is 0 Å². The van der Waals surface area contributed by atoms with Crippen LogP contribution in [-0.2, 0) is 6.42 Å². The molecule has 0 fully saturated rings. The molecule has 1 atom stereocenters. The smallest absolute Gasteiger partial charge is 0.253 e. The molecule has 1 unspecified atom stereocenters. The molecule has 25 heavy (non-hydrogen) atoms. The predicted molar refractivity (Wildman–Crippen MR) is 95.3 cm³/mol. The summed E-state index contributed by atoms with van der Waals surface area (Å²) in [5.74, 6) is 0.294. The number of rotatable bonds is 6. The highest BCUT2D eigenvalue weighted by atomic mass is 79.9. The molecule has 128 valence electrons.